The smallest absolute Gasteiger partial charge is 0.314 e. The molecule has 2 aromatic carbocycles. The Morgan fingerprint density at radius 2 is 1.44 bits per heavy atom. The molecule has 0 radical (unpaired) electrons. The van der Waals surface area contributed by atoms with Gasteiger partial charge in [0.2, 0.25) is 0 Å². The van der Waals surface area contributed by atoms with Gasteiger partial charge in [-0.15, -0.1) is 0 Å². The topological polar surface area (TPSA) is 70.2 Å². The van der Waals surface area contributed by atoms with Crippen molar-refractivity contribution in [3.63, 3.8) is 0 Å². The third-order valence-corrected chi connectivity index (χ3v) is 4.11. The van der Waals surface area contributed by atoms with E-state index in [1.807, 2.05) is 13.8 Å². The van der Waals surface area contributed by atoms with Gasteiger partial charge in [-0.1, -0.05) is 44.2 Å². The van der Waals surface area contributed by atoms with Crippen LogP contribution in [0.2, 0.25) is 0 Å². The van der Waals surface area contributed by atoms with Crippen LogP contribution in [0.3, 0.4) is 0 Å². The van der Waals surface area contributed by atoms with Crippen LogP contribution in [0.15, 0.2) is 48.5 Å². The molecule has 0 aliphatic carbocycles. The molecule has 0 saturated carbocycles. The van der Waals surface area contributed by atoms with Gasteiger partial charge in [0, 0.05) is 25.0 Å². The molecule has 0 bridgehead atoms. The predicted octanol–water partition coefficient (Wildman–Crippen LogP) is 2.97. The summed E-state index contributed by atoms with van der Waals surface area (Å²) in [4.78, 5) is 23.7. The number of rotatable bonds is 7. The molecule has 3 amide bonds. The lowest BCUT2D eigenvalue weighted by Crippen LogP contribution is -2.44. The number of halogens is 2. The number of benzene rings is 2. The second-order valence-electron chi connectivity index (χ2n) is 6.71. The molecule has 27 heavy (non-hydrogen) atoms. The lowest BCUT2D eigenvalue weighted by atomic mass is 9.84. The van der Waals surface area contributed by atoms with Crippen molar-refractivity contribution >= 4 is 11.9 Å². The molecular formula is C20H23F2N3O2. The van der Waals surface area contributed by atoms with E-state index in [0.29, 0.717) is 5.56 Å². The van der Waals surface area contributed by atoms with Crippen LogP contribution in [0.1, 0.15) is 29.8 Å². The van der Waals surface area contributed by atoms with Crippen molar-refractivity contribution < 1.29 is 18.4 Å². The molecule has 144 valence electrons. The highest BCUT2D eigenvalue weighted by molar-refractivity contribution is 5.94. The zero-order valence-corrected chi connectivity index (χ0v) is 15.3. The Bertz CT molecular complexity index is 809. The summed E-state index contributed by atoms with van der Waals surface area (Å²) in [5, 5.41) is 7.81. The quantitative estimate of drug-likeness (QED) is 0.651. The van der Waals surface area contributed by atoms with Crippen molar-refractivity contribution in [2.24, 2.45) is 0 Å². The van der Waals surface area contributed by atoms with Gasteiger partial charge in [-0.2, -0.15) is 0 Å². The summed E-state index contributed by atoms with van der Waals surface area (Å²) < 4.78 is 27.4. The Kier molecular flexibility index (Phi) is 6.87. The normalized spacial score (nSPS) is 11.0. The van der Waals surface area contributed by atoms with E-state index >= 15 is 0 Å². The minimum Gasteiger partial charge on any atom is -0.350 e. The highest BCUT2D eigenvalue weighted by atomic mass is 19.1. The molecule has 2 aromatic rings. The molecular weight excluding hydrogens is 352 g/mol. The third-order valence-electron chi connectivity index (χ3n) is 4.11. The fourth-order valence-electron chi connectivity index (χ4n) is 2.56. The number of carbonyl (C=O) groups excluding carboxylic acids is 2. The van der Waals surface area contributed by atoms with Gasteiger partial charge in [-0.05, 0) is 23.8 Å². The number of urea groups is 1. The monoisotopic (exact) mass is 375 g/mol. The van der Waals surface area contributed by atoms with Crippen LogP contribution in [0.4, 0.5) is 13.6 Å². The van der Waals surface area contributed by atoms with Crippen molar-refractivity contribution in [1.29, 1.82) is 0 Å². The van der Waals surface area contributed by atoms with Crippen molar-refractivity contribution in [2.45, 2.75) is 19.3 Å². The zero-order chi connectivity index (χ0) is 19.9. The van der Waals surface area contributed by atoms with E-state index < -0.39 is 23.2 Å². The molecule has 0 aliphatic rings. The third kappa shape index (κ3) is 5.77. The van der Waals surface area contributed by atoms with Crippen molar-refractivity contribution in [1.82, 2.24) is 16.0 Å². The first kappa shape index (κ1) is 20.4. The fraction of sp³-hybridized carbons (Fsp3) is 0.300. The van der Waals surface area contributed by atoms with Crippen LogP contribution >= 0.6 is 0 Å². The minimum atomic E-state index is -0.601. The Labute approximate surface area is 157 Å². The van der Waals surface area contributed by atoms with E-state index in [1.165, 1.54) is 24.3 Å². The molecule has 0 aromatic heterocycles. The average Bonchev–Trinajstić information content (AvgIpc) is 2.64. The predicted molar refractivity (Wildman–Crippen MR) is 99.6 cm³/mol. The van der Waals surface area contributed by atoms with Gasteiger partial charge in [0.05, 0.1) is 5.56 Å². The van der Waals surface area contributed by atoms with E-state index in [2.05, 4.69) is 16.0 Å². The van der Waals surface area contributed by atoms with Gasteiger partial charge in [0.1, 0.15) is 11.6 Å². The summed E-state index contributed by atoms with van der Waals surface area (Å²) in [6.07, 6.45) is 0. The van der Waals surface area contributed by atoms with Crippen LogP contribution in [-0.2, 0) is 5.41 Å². The molecule has 0 spiro atoms. The van der Waals surface area contributed by atoms with E-state index in [9.17, 15) is 18.4 Å². The number of nitrogens with one attached hydrogen (secondary N) is 3. The lowest BCUT2D eigenvalue weighted by Gasteiger charge is -2.26. The fourth-order valence-corrected chi connectivity index (χ4v) is 2.56. The maximum Gasteiger partial charge on any atom is 0.314 e. The summed E-state index contributed by atoms with van der Waals surface area (Å²) in [5.41, 5.74) is -0.113. The van der Waals surface area contributed by atoms with Crippen LogP contribution in [-0.4, -0.2) is 31.6 Å². The number of hydrogen-bond acceptors (Lipinski definition) is 2. The number of carbonyl (C=O) groups is 2. The highest BCUT2D eigenvalue weighted by Gasteiger charge is 2.24. The molecule has 3 N–H and O–H groups in total. The van der Waals surface area contributed by atoms with E-state index in [-0.39, 0.29) is 31.0 Å². The Hall–Kier alpha value is -2.96. The first-order valence-corrected chi connectivity index (χ1v) is 8.61. The lowest BCUT2D eigenvalue weighted by molar-refractivity contribution is 0.0950. The second-order valence-corrected chi connectivity index (χ2v) is 6.71. The van der Waals surface area contributed by atoms with Crippen LogP contribution < -0.4 is 16.0 Å². The van der Waals surface area contributed by atoms with Gasteiger partial charge < -0.3 is 16.0 Å². The molecule has 0 unspecified atom stereocenters. The molecule has 0 aliphatic heterocycles. The van der Waals surface area contributed by atoms with Crippen LogP contribution in [0.25, 0.3) is 0 Å². The van der Waals surface area contributed by atoms with Crippen molar-refractivity contribution in [3.8, 4) is 0 Å². The number of amides is 3. The Morgan fingerprint density at radius 3 is 2.11 bits per heavy atom. The van der Waals surface area contributed by atoms with Gasteiger partial charge >= 0.3 is 6.03 Å². The SMILES string of the molecule is CC(C)(CNC(=O)NCCNC(=O)c1ccccc1F)c1ccccc1F. The standard InChI is InChI=1S/C20H23F2N3O2/c1-20(2,15-8-4-6-10-17(15)22)13-25-19(27)24-12-11-23-18(26)14-7-3-5-9-16(14)21/h3-10H,11-13H2,1-2H3,(H,23,26)(H2,24,25,27). The highest BCUT2D eigenvalue weighted by Crippen LogP contribution is 2.24. The molecule has 0 fully saturated rings. The summed E-state index contributed by atoms with van der Waals surface area (Å²) in [6.45, 7) is 4.23. The largest absolute Gasteiger partial charge is 0.350 e. The summed E-state index contributed by atoms with van der Waals surface area (Å²) in [6, 6.07) is 11.7. The molecule has 7 heteroatoms. The summed E-state index contributed by atoms with van der Waals surface area (Å²) in [5.74, 6) is -1.47. The van der Waals surface area contributed by atoms with Crippen LogP contribution in [0, 0.1) is 11.6 Å². The Balaban J connectivity index is 1.73. The van der Waals surface area contributed by atoms with E-state index in [0.717, 1.165) is 0 Å². The zero-order valence-electron chi connectivity index (χ0n) is 15.3. The maximum absolute atomic E-state index is 13.9. The summed E-state index contributed by atoms with van der Waals surface area (Å²) >= 11 is 0. The van der Waals surface area contributed by atoms with Gasteiger partial charge in [0.25, 0.3) is 5.91 Å². The van der Waals surface area contributed by atoms with Gasteiger partial charge in [0.15, 0.2) is 0 Å². The molecule has 0 saturated heterocycles. The van der Waals surface area contributed by atoms with Crippen LogP contribution in [0.5, 0.6) is 0 Å². The Morgan fingerprint density at radius 1 is 0.852 bits per heavy atom. The average molecular weight is 375 g/mol. The maximum atomic E-state index is 13.9. The molecule has 0 atom stereocenters. The van der Waals surface area contributed by atoms with E-state index in [4.69, 9.17) is 0 Å². The second kappa shape index (κ2) is 9.12. The number of hydrogen-bond donors (Lipinski definition) is 3. The van der Waals surface area contributed by atoms with Gasteiger partial charge in [-0.3, -0.25) is 4.79 Å². The first-order chi connectivity index (χ1) is 12.8. The van der Waals surface area contributed by atoms with Gasteiger partial charge in [-0.25, -0.2) is 13.6 Å². The molecule has 2 rings (SSSR count). The molecule has 5 nitrogen and oxygen atoms in total. The summed E-state index contributed by atoms with van der Waals surface area (Å²) in [7, 11) is 0. The molecule has 0 heterocycles. The minimum absolute atomic E-state index is 0.0476. The van der Waals surface area contributed by atoms with Crippen molar-refractivity contribution in [2.75, 3.05) is 19.6 Å². The van der Waals surface area contributed by atoms with E-state index in [1.54, 1.807) is 24.3 Å². The van der Waals surface area contributed by atoms with Crippen molar-refractivity contribution in [3.05, 3.63) is 71.3 Å². The first-order valence-electron chi connectivity index (χ1n) is 8.61.